The van der Waals surface area contributed by atoms with Crippen LogP contribution in [0.5, 0.6) is 0 Å². The molecule has 0 aromatic heterocycles. The lowest BCUT2D eigenvalue weighted by Gasteiger charge is -2.13. The maximum atomic E-state index is 14.2. The van der Waals surface area contributed by atoms with Gasteiger partial charge in [0.1, 0.15) is 5.82 Å². The lowest BCUT2D eigenvalue weighted by atomic mass is 10.1. The van der Waals surface area contributed by atoms with Crippen LogP contribution < -0.4 is 10.6 Å². The average Bonchev–Trinajstić information content (AvgIpc) is 2.44. The molecule has 0 bridgehead atoms. The third kappa shape index (κ3) is 3.78. The van der Waals surface area contributed by atoms with E-state index in [1.807, 2.05) is 0 Å². The number of hydrogen-bond acceptors (Lipinski definition) is 2. The molecule has 2 aromatic rings. The predicted octanol–water partition coefficient (Wildman–Crippen LogP) is 3.84. The van der Waals surface area contributed by atoms with E-state index in [9.17, 15) is 13.6 Å². The van der Waals surface area contributed by atoms with E-state index in [1.165, 1.54) is 19.1 Å². The molecule has 0 atom stereocenters. The first kappa shape index (κ1) is 15.0. The van der Waals surface area contributed by atoms with Gasteiger partial charge < -0.3 is 10.6 Å². The van der Waals surface area contributed by atoms with Crippen molar-refractivity contribution in [3.8, 4) is 0 Å². The molecule has 21 heavy (non-hydrogen) atoms. The van der Waals surface area contributed by atoms with Crippen LogP contribution in [0, 0.1) is 18.6 Å². The summed E-state index contributed by atoms with van der Waals surface area (Å²) < 4.78 is 27.0. The van der Waals surface area contributed by atoms with Gasteiger partial charge in [-0.1, -0.05) is 12.1 Å². The molecule has 1 amide bonds. The van der Waals surface area contributed by atoms with Crippen molar-refractivity contribution in [3.05, 3.63) is 59.2 Å². The molecule has 0 saturated heterocycles. The van der Waals surface area contributed by atoms with Crippen molar-refractivity contribution in [2.24, 2.45) is 0 Å². The number of carbonyl (C=O) groups excluding carboxylic acids is 1. The van der Waals surface area contributed by atoms with E-state index >= 15 is 0 Å². The van der Waals surface area contributed by atoms with Crippen molar-refractivity contribution < 1.29 is 13.6 Å². The normalized spacial score (nSPS) is 10.3. The molecule has 2 N–H and O–H groups in total. The minimum absolute atomic E-state index is 0.246. The fraction of sp³-hybridized carbons (Fsp3) is 0.188. The van der Waals surface area contributed by atoms with Crippen LogP contribution in [-0.2, 0) is 11.3 Å². The van der Waals surface area contributed by atoms with E-state index in [-0.39, 0.29) is 11.7 Å². The summed E-state index contributed by atoms with van der Waals surface area (Å²) >= 11 is 0. The van der Waals surface area contributed by atoms with Gasteiger partial charge in [-0.15, -0.1) is 0 Å². The zero-order valence-corrected chi connectivity index (χ0v) is 11.8. The molecule has 0 fully saturated rings. The molecular weight excluding hydrogens is 274 g/mol. The summed E-state index contributed by atoms with van der Waals surface area (Å²) in [5, 5.41) is 5.53. The van der Waals surface area contributed by atoms with Crippen molar-refractivity contribution in [2.75, 3.05) is 10.6 Å². The molecule has 0 radical (unpaired) electrons. The number of carbonyl (C=O) groups is 1. The number of nitrogens with one attached hydrogen (secondary N) is 2. The number of halogens is 2. The second-order valence-electron chi connectivity index (χ2n) is 4.76. The van der Waals surface area contributed by atoms with Crippen molar-refractivity contribution in [1.29, 1.82) is 0 Å². The predicted molar refractivity (Wildman–Crippen MR) is 79.2 cm³/mol. The maximum Gasteiger partial charge on any atom is 0.221 e. The third-order valence-electron chi connectivity index (χ3n) is 3.09. The van der Waals surface area contributed by atoms with Crippen LogP contribution in [0.3, 0.4) is 0 Å². The Kier molecular flexibility index (Phi) is 4.52. The van der Waals surface area contributed by atoms with Crippen LogP contribution in [0.2, 0.25) is 0 Å². The number of anilines is 2. The molecule has 0 aliphatic carbocycles. The van der Waals surface area contributed by atoms with Gasteiger partial charge in [-0.05, 0) is 36.8 Å². The lowest BCUT2D eigenvalue weighted by Crippen LogP contribution is -2.09. The Bertz CT molecular complexity index is 654. The molecule has 0 unspecified atom stereocenters. The molecule has 0 spiro atoms. The summed E-state index contributed by atoms with van der Waals surface area (Å²) in [5.74, 6) is -0.965. The van der Waals surface area contributed by atoms with Gasteiger partial charge in [-0.3, -0.25) is 4.79 Å². The quantitative estimate of drug-likeness (QED) is 0.898. The molecule has 0 aliphatic heterocycles. The highest BCUT2D eigenvalue weighted by atomic mass is 19.1. The van der Waals surface area contributed by atoms with E-state index in [1.54, 1.807) is 31.2 Å². The molecule has 2 rings (SSSR count). The van der Waals surface area contributed by atoms with Gasteiger partial charge in [0.2, 0.25) is 5.91 Å². The number of rotatable bonds is 4. The van der Waals surface area contributed by atoms with Gasteiger partial charge >= 0.3 is 0 Å². The molecule has 0 heterocycles. The zero-order chi connectivity index (χ0) is 15.4. The van der Waals surface area contributed by atoms with Crippen molar-refractivity contribution in [1.82, 2.24) is 0 Å². The van der Waals surface area contributed by atoms with E-state index < -0.39 is 5.82 Å². The minimum atomic E-state index is -0.414. The van der Waals surface area contributed by atoms with Crippen LogP contribution in [0.25, 0.3) is 0 Å². The summed E-state index contributed by atoms with van der Waals surface area (Å²) in [6.07, 6.45) is 0. The van der Waals surface area contributed by atoms with Crippen LogP contribution in [0.1, 0.15) is 18.1 Å². The molecular formula is C16H16F2N2O. The SMILES string of the molecule is CC(=O)Nc1ccc(NCc2ccc(F)cc2)c(F)c1C. The first-order chi connectivity index (χ1) is 9.97. The van der Waals surface area contributed by atoms with Crippen molar-refractivity contribution in [3.63, 3.8) is 0 Å². The van der Waals surface area contributed by atoms with Crippen LogP contribution in [0.15, 0.2) is 36.4 Å². The Labute approximate surface area is 122 Å². The van der Waals surface area contributed by atoms with Gasteiger partial charge in [0, 0.05) is 24.7 Å². The highest BCUT2D eigenvalue weighted by Crippen LogP contribution is 2.25. The largest absolute Gasteiger partial charge is 0.379 e. The lowest BCUT2D eigenvalue weighted by molar-refractivity contribution is -0.114. The van der Waals surface area contributed by atoms with Crippen molar-refractivity contribution >= 4 is 17.3 Å². The Morgan fingerprint density at radius 3 is 2.29 bits per heavy atom. The molecule has 5 heteroatoms. The standard InChI is InChI=1S/C16H16F2N2O/c1-10-14(20-11(2)21)7-8-15(16(10)18)19-9-12-3-5-13(17)6-4-12/h3-8,19H,9H2,1-2H3,(H,20,21). The second kappa shape index (κ2) is 6.35. The average molecular weight is 290 g/mol. The zero-order valence-electron chi connectivity index (χ0n) is 11.8. The Balaban J connectivity index is 2.12. The van der Waals surface area contributed by atoms with E-state index in [0.717, 1.165) is 5.56 Å². The van der Waals surface area contributed by atoms with Crippen LogP contribution in [0.4, 0.5) is 20.2 Å². The van der Waals surface area contributed by atoms with Crippen molar-refractivity contribution in [2.45, 2.75) is 20.4 Å². The topological polar surface area (TPSA) is 41.1 Å². The maximum absolute atomic E-state index is 14.2. The first-order valence-electron chi connectivity index (χ1n) is 6.52. The Morgan fingerprint density at radius 1 is 1.05 bits per heavy atom. The summed E-state index contributed by atoms with van der Waals surface area (Å²) in [5.41, 5.74) is 2.01. The van der Waals surface area contributed by atoms with Gasteiger partial charge in [-0.2, -0.15) is 0 Å². The molecule has 3 nitrogen and oxygen atoms in total. The van der Waals surface area contributed by atoms with Crippen LogP contribution >= 0.6 is 0 Å². The molecule has 110 valence electrons. The van der Waals surface area contributed by atoms with E-state index in [4.69, 9.17) is 0 Å². The van der Waals surface area contributed by atoms with E-state index in [2.05, 4.69) is 10.6 Å². The monoisotopic (exact) mass is 290 g/mol. The second-order valence-corrected chi connectivity index (χ2v) is 4.76. The molecule has 0 aliphatic rings. The summed E-state index contributed by atoms with van der Waals surface area (Å²) in [7, 11) is 0. The smallest absolute Gasteiger partial charge is 0.221 e. The van der Waals surface area contributed by atoms with Gasteiger partial charge in [0.25, 0.3) is 0 Å². The number of hydrogen-bond donors (Lipinski definition) is 2. The summed E-state index contributed by atoms with van der Waals surface area (Å²) in [6, 6.07) is 9.21. The fourth-order valence-electron chi connectivity index (χ4n) is 1.95. The highest BCUT2D eigenvalue weighted by molar-refractivity contribution is 5.89. The number of amides is 1. The minimum Gasteiger partial charge on any atom is -0.379 e. The fourth-order valence-corrected chi connectivity index (χ4v) is 1.95. The molecule has 0 saturated carbocycles. The molecule has 2 aromatic carbocycles. The number of benzene rings is 2. The third-order valence-corrected chi connectivity index (χ3v) is 3.09. The summed E-state index contributed by atoms with van der Waals surface area (Å²) in [6.45, 7) is 3.36. The van der Waals surface area contributed by atoms with Crippen LogP contribution in [-0.4, -0.2) is 5.91 Å². The Morgan fingerprint density at radius 2 is 1.67 bits per heavy atom. The highest BCUT2D eigenvalue weighted by Gasteiger charge is 2.10. The van der Waals surface area contributed by atoms with Gasteiger partial charge in [0.15, 0.2) is 5.82 Å². The van der Waals surface area contributed by atoms with Gasteiger partial charge in [-0.25, -0.2) is 8.78 Å². The van der Waals surface area contributed by atoms with E-state index in [0.29, 0.717) is 23.5 Å². The summed E-state index contributed by atoms with van der Waals surface area (Å²) in [4.78, 5) is 11.0. The Hall–Kier alpha value is -2.43. The first-order valence-corrected chi connectivity index (χ1v) is 6.52. The van der Waals surface area contributed by atoms with Gasteiger partial charge in [0.05, 0.1) is 5.69 Å².